The van der Waals surface area contributed by atoms with Crippen LogP contribution in [0.5, 0.6) is 0 Å². The Hall–Kier alpha value is -2.41. The third-order valence-electron chi connectivity index (χ3n) is 4.36. The van der Waals surface area contributed by atoms with E-state index in [0.717, 1.165) is 36.0 Å². The lowest BCUT2D eigenvalue weighted by molar-refractivity contribution is 0.0706. The first-order chi connectivity index (χ1) is 11.2. The summed E-state index contributed by atoms with van der Waals surface area (Å²) in [6, 6.07) is 5.83. The molecule has 4 rings (SSSR count). The van der Waals surface area contributed by atoms with Gasteiger partial charge in [0.2, 0.25) is 0 Å². The van der Waals surface area contributed by atoms with Crippen LogP contribution in [-0.4, -0.2) is 39.1 Å². The van der Waals surface area contributed by atoms with Gasteiger partial charge in [0, 0.05) is 30.1 Å². The number of likely N-dealkylation sites (tertiary alicyclic amines) is 1. The fourth-order valence-electron chi connectivity index (χ4n) is 3.13. The number of aromatic nitrogens is 3. The number of aromatic amines is 1. The van der Waals surface area contributed by atoms with Crippen LogP contribution in [0.2, 0.25) is 0 Å². The van der Waals surface area contributed by atoms with Gasteiger partial charge in [-0.1, -0.05) is 0 Å². The number of pyridine rings is 1. The largest absolute Gasteiger partial charge is 0.384 e. The molecule has 1 amide bonds. The number of nitrogens with two attached hydrogens (primary N) is 1. The van der Waals surface area contributed by atoms with Gasteiger partial charge in [0.25, 0.3) is 5.91 Å². The fourth-order valence-corrected chi connectivity index (χ4v) is 3.76. The summed E-state index contributed by atoms with van der Waals surface area (Å²) in [6.45, 7) is 1.51. The fraction of sp³-hybridized carbons (Fsp3) is 0.312. The number of carbonyl (C=O) groups is 1. The molecule has 7 heteroatoms. The second-order valence-corrected chi connectivity index (χ2v) is 6.63. The van der Waals surface area contributed by atoms with E-state index < -0.39 is 0 Å². The van der Waals surface area contributed by atoms with E-state index in [2.05, 4.69) is 15.2 Å². The number of hydrogen-bond acceptors (Lipinski definition) is 5. The van der Waals surface area contributed by atoms with Gasteiger partial charge in [-0.3, -0.25) is 9.89 Å². The number of nitrogen functional groups attached to an aromatic ring is 1. The molecule has 1 saturated heterocycles. The van der Waals surface area contributed by atoms with E-state index >= 15 is 0 Å². The molecule has 1 fully saturated rings. The van der Waals surface area contributed by atoms with E-state index in [1.54, 1.807) is 11.3 Å². The van der Waals surface area contributed by atoms with E-state index in [9.17, 15) is 4.79 Å². The molecule has 3 aromatic rings. The standard InChI is InChI=1S/C16H17N5OS/c17-14-12-3-4-13(18-15(12)20-19-14)10-2-1-6-21(8-10)16(22)11-5-7-23-9-11/h3-5,7,9-10H,1-2,6,8H2,(H3,17,18,19,20)/t10-/m0/s1. The number of hydrogen-bond donors (Lipinski definition) is 2. The zero-order chi connectivity index (χ0) is 15.8. The Labute approximate surface area is 137 Å². The van der Waals surface area contributed by atoms with E-state index in [1.165, 1.54) is 0 Å². The van der Waals surface area contributed by atoms with Crippen LogP contribution < -0.4 is 5.73 Å². The number of amides is 1. The van der Waals surface area contributed by atoms with Crippen LogP contribution in [0.1, 0.15) is 34.8 Å². The van der Waals surface area contributed by atoms with Crippen molar-refractivity contribution in [2.75, 3.05) is 18.8 Å². The Morgan fingerprint density at radius 1 is 1.39 bits per heavy atom. The lowest BCUT2D eigenvalue weighted by Crippen LogP contribution is -2.39. The van der Waals surface area contributed by atoms with Gasteiger partial charge in [-0.2, -0.15) is 16.4 Å². The van der Waals surface area contributed by atoms with E-state index in [-0.39, 0.29) is 11.8 Å². The van der Waals surface area contributed by atoms with Crippen molar-refractivity contribution in [1.82, 2.24) is 20.1 Å². The molecule has 0 radical (unpaired) electrons. The number of fused-ring (bicyclic) bond motifs is 1. The molecule has 118 valence electrons. The molecular formula is C16H17N5OS. The van der Waals surface area contributed by atoms with E-state index in [1.807, 2.05) is 33.9 Å². The van der Waals surface area contributed by atoms with Crippen LogP contribution in [0.25, 0.3) is 11.0 Å². The predicted octanol–water partition coefficient (Wildman–Crippen LogP) is 2.62. The molecule has 0 aromatic carbocycles. The third-order valence-corrected chi connectivity index (χ3v) is 5.05. The molecule has 3 N–H and O–H groups in total. The molecule has 1 aliphatic rings. The van der Waals surface area contributed by atoms with Crippen molar-refractivity contribution in [2.24, 2.45) is 0 Å². The van der Waals surface area contributed by atoms with Crippen LogP contribution in [0.3, 0.4) is 0 Å². The first-order valence-corrected chi connectivity index (χ1v) is 8.58. The number of nitrogens with zero attached hydrogens (tertiary/aromatic N) is 3. The van der Waals surface area contributed by atoms with Crippen molar-refractivity contribution in [3.63, 3.8) is 0 Å². The molecule has 0 bridgehead atoms. The lowest BCUT2D eigenvalue weighted by Gasteiger charge is -2.32. The number of carbonyl (C=O) groups excluding carboxylic acids is 1. The molecule has 0 unspecified atom stereocenters. The highest BCUT2D eigenvalue weighted by molar-refractivity contribution is 7.08. The number of nitrogens with one attached hydrogen (secondary N) is 1. The molecule has 1 aliphatic heterocycles. The van der Waals surface area contributed by atoms with Gasteiger partial charge in [0.05, 0.1) is 10.9 Å². The monoisotopic (exact) mass is 327 g/mol. The minimum Gasteiger partial charge on any atom is -0.384 e. The first kappa shape index (κ1) is 14.2. The van der Waals surface area contributed by atoms with Gasteiger partial charge < -0.3 is 10.6 Å². The quantitative estimate of drug-likeness (QED) is 0.757. The Kier molecular flexibility index (Phi) is 3.49. The van der Waals surface area contributed by atoms with E-state index in [0.29, 0.717) is 18.0 Å². The molecular weight excluding hydrogens is 310 g/mol. The molecule has 6 nitrogen and oxygen atoms in total. The van der Waals surface area contributed by atoms with Gasteiger partial charge in [-0.25, -0.2) is 4.98 Å². The second kappa shape index (κ2) is 5.66. The Morgan fingerprint density at radius 2 is 2.30 bits per heavy atom. The van der Waals surface area contributed by atoms with Crippen LogP contribution in [0.15, 0.2) is 29.0 Å². The summed E-state index contributed by atoms with van der Waals surface area (Å²) in [6.07, 6.45) is 2.02. The molecule has 23 heavy (non-hydrogen) atoms. The zero-order valence-electron chi connectivity index (χ0n) is 12.5. The van der Waals surface area contributed by atoms with Crippen LogP contribution in [0.4, 0.5) is 5.82 Å². The molecule has 0 spiro atoms. The highest BCUT2D eigenvalue weighted by Gasteiger charge is 2.26. The summed E-state index contributed by atoms with van der Waals surface area (Å²) in [7, 11) is 0. The van der Waals surface area contributed by atoms with Crippen molar-refractivity contribution >= 4 is 34.1 Å². The maximum atomic E-state index is 12.5. The summed E-state index contributed by atoms with van der Waals surface area (Å²) in [5, 5.41) is 11.6. The number of anilines is 1. The number of rotatable bonds is 2. The SMILES string of the molecule is Nc1[nH]nc2nc([C@H]3CCCN(C(=O)c4ccsc4)C3)ccc12. The first-order valence-electron chi connectivity index (χ1n) is 7.64. The normalized spacial score (nSPS) is 18.4. The Balaban J connectivity index is 1.57. The Bertz CT molecular complexity index is 841. The highest BCUT2D eigenvalue weighted by Crippen LogP contribution is 2.28. The van der Waals surface area contributed by atoms with Crippen molar-refractivity contribution in [1.29, 1.82) is 0 Å². The summed E-state index contributed by atoms with van der Waals surface area (Å²) < 4.78 is 0. The van der Waals surface area contributed by atoms with Crippen molar-refractivity contribution in [3.8, 4) is 0 Å². The van der Waals surface area contributed by atoms with Crippen molar-refractivity contribution < 1.29 is 4.79 Å². The maximum Gasteiger partial charge on any atom is 0.254 e. The maximum absolute atomic E-state index is 12.5. The van der Waals surface area contributed by atoms with Crippen molar-refractivity contribution in [2.45, 2.75) is 18.8 Å². The number of thiophene rings is 1. The minimum absolute atomic E-state index is 0.112. The molecule has 0 saturated carbocycles. The van der Waals surface area contributed by atoms with Crippen LogP contribution in [0, 0.1) is 0 Å². The summed E-state index contributed by atoms with van der Waals surface area (Å²) in [5.41, 5.74) is 8.21. The average Bonchev–Trinajstić information content (AvgIpc) is 3.24. The van der Waals surface area contributed by atoms with Crippen LogP contribution in [-0.2, 0) is 0 Å². The van der Waals surface area contributed by atoms with Gasteiger partial charge in [0.15, 0.2) is 5.65 Å². The molecule has 4 heterocycles. The third kappa shape index (κ3) is 2.57. The smallest absolute Gasteiger partial charge is 0.254 e. The van der Waals surface area contributed by atoms with Gasteiger partial charge >= 0.3 is 0 Å². The van der Waals surface area contributed by atoms with E-state index in [4.69, 9.17) is 5.73 Å². The van der Waals surface area contributed by atoms with Crippen LogP contribution >= 0.6 is 11.3 Å². The van der Waals surface area contributed by atoms with Gasteiger partial charge in [-0.05, 0) is 36.4 Å². The van der Waals surface area contributed by atoms with Gasteiger partial charge in [0.1, 0.15) is 5.82 Å². The minimum atomic E-state index is 0.112. The van der Waals surface area contributed by atoms with Crippen molar-refractivity contribution in [3.05, 3.63) is 40.2 Å². The Morgan fingerprint density at radius 3 is 3.13 bits per heavy atom. The molecule has 3 aromatic heterocycles. The lowest BCUT2D eigenvalue weighted by atomic mass is 9.93. The summed E-state index contributed by atoms with van der Waals surface area (Å²) >= 11 is 1.55. The molecule has 0 aliphatic carbocycles. The highest BCUT2D eigenvalue weighted by atomic mass is 32.1. The topological polar surface area (TPSA) is 87.9 Å². The van der Waals surface area contributed by atoms with Gasteiger partial charge in [-0.15, -0.1) is 0 Å². The molecule has 1 atom stereocenters. The summed E-state index contributed by atoms with van der Waals surface area (Å²) in [4.78, 5) is 19.1. The number of H-pyrrole nitrogens is 1. The zero-order valence-corrected chi connectivity index (χ0v) is 13.3. The summed E-state index contributed by atoms with van der Waals surface area (Å²) in [5.74, 6) is 0.895. The average molecular weight is 327 g/mol. The predicted molar refractivity (Wildman–Crippen MR) is 90.5 cm³/mol. The second-order valence-electron chi connectivity index (χ2n) is 5.85. The number of piperidine rings is 1.